The highest BCUT2D eigenvalue weighted by Crippen LogP contribution is 2.60. The molecule has 1 N–H and O–H groups in total. The minimum Gasteiger partial charge on any atom is -0.403 e. The summed E-state index contributed by atoms with van der Waals surface area (Å²) in [5.41, 5.74) is -0.709. The van der Waals surface area contributed by atoms with Gasteiger partial charge in [-0.1, -0.05) is 5.10 Å². The second-order valence-corrected chi connectivity index (χ2v) is 8.64. The van der Waals surface area contributed by atoms with Crippen molar-refractivity contribution in [3.63, 3.8) is 0 Å². The second kappa shape index (κ2) is 6.06. The van der Waals surface area contributed by atoms with Gasteiger partial charge < -0.3 is 4.42 Å². The Kier molecular flexibility index (Phi) is 3.83. The highest BCUT2D eigenvalue weighted by molar-refractivity contribution is 5.94. The predicted molar refractivity (Wildman–Crippen MR) is 94.0 cm³/mol. The van der Waals surface area contributed by atoms with Crippen LogP contribution in [0.25, 0.3) is 11.5 Å². The van der Waals surface area contributed by atoms with Crippen LogP contribution in [0.1, 0.15) is 44.1 Å². The van der Waals surface area contributed by atoms with Crippen LogP contribution in [0.2, 0.25) is 0 Å². The van der Waals surface area contributed by atoms with Crippen molar-refractivity contribution in [1.82, 2.24) is 10.2 Å². The molecule has 28 heavy (non-hydrogen) atoms. The molecule has 148 valence electrons. The maximum Gasteiger partial charge on any atom is 0.416 e. The zero-order valence-electron chi connectivity index (χ0n) is 15.1. The van der Waals surface area contributed by atoms with Gasteiger partial charge in [0.25, 0.3) is 0 Å². The summed E-state index contributed by atoms with van der Waals surface area (Å²) in [6.07, 6.45) is 2.09. The van der Waals surface area contributed by atoms with Crippen LogP contribution in [0.15, 0.2) is 28.7 Å². The third-order valence-corrected chi connectivity index (χ3v) is 6.62. The van der Waals surface area contributed by atoms with E-state index in [1.807, 2.05) is 0 Å². The fourth-order valence-corrected chi connectivity index (χ4v) is 5.81. The lowest BCUT2D eigenvalue weighted by Gasteiger charge is -2.55. The molecule has 1 aromatic heterocycles. The Morgan fingerprint density at radius 1 is 1.00 bits per heavy atom. The molecule has 4 saturated carbocycles. The Balaban J connectivity index is 1.31. The van der Waals surface area contributed by atoms with Gasteiger partial charge in [-0.3, -0.25) is 10.1 Å². The van der Waals surface area contributed by atoms with Crippen LogP contribution in [-0.4, -0.2) is 16.1 Å². The van der Waals surface area contributed by atoms with Gasteiger partial charge in [-0.15, -0.1) is 5.10 Å². The molecule has 1 heterocycles. The van der Waals surface area contributed by atoms with Crippen molar-refractivity contribution < 1.29 is 22.4 Å². The van der Waals surface area contributed by atoms with Crippen LogP contribution in [0.4, 0.5) is 19.2 Å². The van der Waals surface area contributed by atoms with Gasteiger partial charge in [0.1, 0.15) is 0 Å². The smallest absolute Gasteiger partial charge is 0.403 e. The first-order valence-electron chi connectivity index (χ1n) is 9.63. The molecule has 6 rings (SSSR count). The van der Waals surface area contributed by atoms with Gasteiger partial charge in [-0.25, -0.2) is 0 Å². The monoisotopic (exact) mass is 391 g/mol. The molecule has 0 spiro atoms. The summed E-state index contributed by atoms with van der Waals surface area (Å²) in [5.74, 6) is 1.94. The lowest BCUT2D eigenvalue weighted by atomic mass is 9.49. The number of hydrogen-bond donors (Lipinski definition) is 1. The molecule has 4 fully saturated rings. The van der Waals surface area contributed by atoms with E-state index in [-0.39, 0.29) is 23.2 Å². The summed E-state index contributed by atoms with van der Waals surface area (Å²) in [6.45, 7) is 0. The van der Waals surface area contributed by atoms with Crippen molar-refractivity contribution in [3.8, 4) is 11.5 Å². The number of benzene rings is 1. The normalized spacial score (nSPS) is 31.2. The Bertz CT molecular complexity index is 869. The quantitative estimate of drug-likeness (QED) is 0.807. The molecule has 0 atom stereocenters. The standard InChI is InChI=1S/C20H20F3N3O2/c21-20(22,23)15-3-1-14(2-4-15)16-25-26-18(28-16)24-17(27)19-8-11-5-12(9-19)7-13(6-11)10-19/h1-4,11-13H,5-10H2,(H,24,26,27). The third-order valence-electron chi connectivity index (χ3n) is 6.62. The predicted octanol–water partition coefficient (Wildman–Crippen LogP) is 4.91. The first-order chi connectivity index (χ1) is 13.3. The number of nitrogens with one attached hydrogen (secondary N) is 1. The third kappa shape index (κ3) is 2.99. The number of aromatic nitrogens is 2. The molecule has 1 aromatic carbocycles. The molecule has 5 nitrogen and oxygen atoms in total. The van der Waals surface area contributed by atoms with E-state index in [1.54, 1.807) is 0 Å². The van der Waals surface area contributed by atoms with Gasteiger partial charge in [0.05, 0.1) is 11.0 Å². The Morgan fingerprint density at radius 2 is 1.57 bits per heavy atom. The van der Waals surface area contributed by atoms with Crippen LogP contribution in [0.5, 0.6) is 0 Å². The number of nitrogens with zero attached hydrogens (tertiary/aromatic N) is 2. The number of anilines is 1. The summed E-state index contributed by atoms with van der Waals surface area (Å²) >= 11 is 0. The van der Waals surface area contributed by atoms with Crippen molar-refractivity contribution >= 4 is 11.9 Å². The maximum absolute atomic E-state index is 13.0. The molecule has 2 aromatic rings. The van der Waals surface area contributed by atoms with Crippen LogP contribution < -0.4 is 5.32 Å². The van der Waals surface area contributed by atoms with Crippen molar-refractivity contribution in [2.45, 2.75) is 44.7 Å². The number of alkyl halides is 3. The number of rotatable bonds is 3. The van der Waals surface area contributed by atoms with Gasteiger partial charge >= 0.3 is 12.2 Å². The fraction of sp³-hybridized carbons (Fsp3) is 0.550. The van der Waals surface area contributed by atoms with Gasteiger partial charge in [0.15, 0.2) is 0 Å². The molecule has 0 aliphatic heterocycles. The largest absolute Gasteiger partial charge is 0.416 e. The van der Waals surface area contributed by atoms with Crippen LogP contribution >= 0.6 is 0 Å². The zero-order valence-corrected chi connectivity index (χ0v) is 15.1. The average Bonchev–Trinajstić information content (AvgIpc) is 3.08. The van der Waals surface area contributed by atoms with E-state index in [1.165, 1.54) is 31.4 Å². The van der Waals surface area contributed by atoms with Crippen LogP contribution in [0.3, 0.4) is 0 Å². The first-order valence-corrected chi connectivity index (χ1v) is 9.63. The lowest BCUT2D eigenvalue weighted by molar-refractivity contribution is -0.140. The summed E-state index contributed by atoms with van der Waals surface area (Å²) in [7, 11) is 0. The number of hydrogen-bond acceptors (Lipinski definition) is 4. The van der Waals surface area contributed by atoms with Gasteiger partial charge in [-0.2, -0.15) is 13.2 Å². The molecular formula is C20H20F3N3O2. The summed E-state index contributed by atoms with van der Waals surface area (Å²) < 4.78 is 43.5. The average molecular weight is 391 g/mol. The van der Waals surface area contributed by atoms with E-state index in [0.29, 0.717) is 23.3 Å². The second-order valence-electron chi connectivity index (χ2n) is 8.64. The molecule has 4 aliphatic rings. The van der Waals surface area contributed by atoms with E-state index in [2.05, 4.69) is 15.5 Å². The number of amides is 1. The van der Waals surface area contributed by atoms with Crippen molar-refractivity contribution in [3.05, 3.63) is 29.8 Å². The molecule has 4 aliphatic carbocycles. The highest BCUT2D eigenvalue weighted by Gasteiger charge is 2.54. The molecule has 0 radical (unpaired) electrons. The lowest BCUT2D eigenvalue weighted by Crippen LogP contribution is -2.51. The van der Waals surface area contributed by atoms with Gasteiger partial charge in [-0.05, 0) is 80.5 Å². The van der Waals surface area contributed by atoms with Gasteiger partial charge in [0.2, 0.25) is 11.8 Å². The minimum absolute atomic E-state index is 0.00403. The van der Waals surface area contributed by atoms with E-state index in [4.69, 9.17) is 4.42 Å². The van der Waals surface area contributed by atoms with Crippen molar-refractivity contribution in [2.75, 3.05) is 5.32 Å². The molecule has 8 heteroatoms. The van der Waals surface area contributed by atoms with Crippen molar-refractivity contribution in [1.29, 1.82) is 0 Å². The molecule has 4 bridgehead atoms. The fourth-order valence-electron chi connectivity index (χ4n) is 5.81. The topological polar surface area (TPSA) is 68.0 Å². The summed E-state index contributed by atoms with van der Waals surface area (Å²) in [4.78, 5) is 13.0. The minimum atomic E-state index is -4.40. The SMILES string of the molecule is O=C(Nc1nnc(-c2ccc(C(F)(F)F)cc2)o1)C12CC3CC(CC(C3)C1)C2. The number of halogens is 3. The van der Waals surface area contributed by atoms with Crippen LogP contribution in [0, 0.1) is 23.2 Å². The number of carbonyl (C=O) groups excluding carboxylic acids is 1. The van der Waals surface area contributed by atoms with Crippen molar-refractivity contribution in [2.24, 2.45) is 23.2 Å². The molecule has 0 unspecified atom stereocenters. The van der Waals surface area contributed by atoms with Gasteiger partial charge in [0, 0.05) is 5.56 Å². The Hall–Kier alpha value is -2.38. The van der Waals surface area contributed by atoms with E-state index in [9.17, 15) is 18.0 Å². The van der Waals surface area contributed by atoms with E-state index < -0.39 is 11.7 Å². The van der Waals surface area contributed by atoms with Crippen LogP contribution in [-0.2, 0) is 11.0 Å². The maximum atomic E-state index is 13.0. The zero-order chi connectivity index (χ0) is 19.5. The molecular weight excluding hydrogens is 371 g/mol. The highest BCUT2D eigenvalue weighted by atomic mass is 19.4. The van der Waals surface area contributed by atoms with E-state index >= 15 is 0 Å². The Labute approximate surface area is 159 Å². The Morgan fingerprint density at radius 3 is 2.11 bits per heavy atom. The molecule has 0 saturated heterocycles. The number of carbonyl (C=O) groups is 1. The first kappa shape index (κ1) is 17.7. The molecule has 1 amide bonds. The van der Waals surface area contributed by atoms with E-state index in [0.717, 1.165) is 31.4 Å². The summed E-state index contributed by atoms with van der Waals surface area (Å²) in [6, 6.07) is 4.48. The summed E-state index contributed by atoms with van der Waals surface area (Å²) in [5, 5.41) is 10.5.